The lowest BCUT2D eigenvalue weighted by Crippen LogP contribution is -2.03. The van der Waals surface area contributed by atoms with Crippen molar-refractivity contribution in [2.45, 2.75) is 19.9 Å². The number of benzene rings is 2. The minimum Gasteiger partial charge on any atom is -0.365 e. The quantitative estimate of drug-likeness (QED) is 0.723. The van der Waals surface area contributed by atoms with Crippen molar-refractivity contribution in [1.82, 2.24) is 9.97 Å². The van der Waals surface area contributed by atoms with E-state index in [4.69, 9.17) is 11.6 Å². The number of nitrogens with zero attached hydrogens (tertiary/aromatic N) is 2. The molecule has 0 bridgehead atoms. The van der Waals surface area contributed by atoms with Crippen molar-refractivity contribution in [3.8, 4) is 0 Å². The fourth-order valence-corrected chi connectivity index (χ4v) is 2.44. The summed E-state index contributed by atoms with van der Waals surface area (Å²) in [5.74, 6) is 0.769. The third-order valence-corrected chi connectivity index (χ3v) is 3.64. The maximum absolute atomic E-state index is 5.98. The predicted molar refractivity (Wildman–Crippen MR) is 87.7 cm³/mol. The zero-order chi connectivity index (χ0) is 14.7. The molecule has 1 aromatic heterocycles. The molecule has 0 aliphatic heterocycles. The van der Waals surface area contributed by atoms with Crippen LogP contribution in [0.4, 0.5) is 5.82 Å². The summed E-state index contributed by atoms with van der Waals surface area (Å²) in [6.45, 7) is 2.86. The lowest BCUT2D eigenvalue weighted by Gasteiger charge is -2.09. The Hall–Kier alpha value is -2.13. The van der Waals surface area contributed by atoms with Gasteiger partial charge in [-0.3, -0.25) is 0 Å². The van der Waals surface area contributed by atoms with E-state index in [1.54, 1.807) is 0 Å². The maximum atomic E-state index is 5.98. The summed E-state index contributed by atoms with van der Waals surface area (Å²) in [7, 11) is 0. The van der Waals surface area contributed by atoms with Crippen molar-refractivity contribution in [2.75, 3.05) is 5.32 Å². The van der Waals surface area contributed by atoms with Gasteiger partial charge < -0.3 is 5.32 Å². The fraction of sp³-hybridized carbons (Fsp3) is 0.176. The summed E-state index contributed by atoms with van der Waals surface area (Å²) in [5.41, 5.74) is 3.40. The third kappa shape index (κ3) is 3.14. The molecule has 0 atom stereocenters. The zero-order valence-electron chi connectivity index (χ0n) is 11.8. The van der Waals surface area contributed by atoms with Gasteiger partial charge in [-0.15, -0.1) is 0 Å². The smallest absolute Gasteiger partial charge is 0.224 e. The first kappa shape index (κ1) is 13.8. The van der Waals surface area contributed by atoms with Gasteiger partial charge in [0.25, 0.3) is 0 Å². The molecule has 0 spiro atoms. The summed E-state index contributed by atoms with van der Waals surface area (Å²) in [5, 5.41) is 4.59. The number of fused-ring (bicyclic) bond motifs is 1. The molecule has 0 saturated carbocycles. The van der Waals surface area contributed by atoms with Gasteiger partial charge in [0.2, 0.25) is 5.28 Å². The number of hydrogen-bond donors (Lipinski definition) is 1. The van der Waals surface area contributed by atoms with Crippen LogP contribution < -0.4 is 5.32 Å². The Morgan fingerprint density at radius 1 is 0.952 bits per heavy atom. The molecule has 0 unspecified atom stereocenters. The van der Waals surface area contributed by atoms with Crippen LogP contribution in [0.25, 0.3) is 10.9 Å². The number of anilines is 1. The van der Waals surface area contributed by atoms with E-state index < -0.39 is 0 Å². The van der Waals surface area contributed by atoms with E-state index in [2.05, 4.69) is 46.5 Å². The monoisotopic (exact) mass is 297 g/mol. The lowest BCUT2D eigenvalue weighted by molar-refractivity contribution is 1.08. The van der Waals surface area contributed by atoms with Crippen LogP contribution in [-0.4, -0.2) is 9.97 Å². The van der Waals surface area contributed by atoms with Crippen LogP contribution in [0.2, 0.25) is 5.28 Å². The molecule has 3 aromatic rings. The van der Waals surface area contributed by atoms with E-state index in [9.17, 15) is 0 Å². The summed E-state index contributed by atoms with van der Waals surface area (Å²) >= 11 is 5.98. The first-order valence-electron chi connectivity index (χ1n) is 7.00. The van der Waals surface area contributed by atoms with Crippen molar-refractivity contribution in [3.63, 3.8) is 0 Å². The molecular weight excluding hydrogens is 282 g/mol. The van der Waals surface area contributed by atoms with Crippen LogP contribution in [0, 0.1) is 0 Å². The number of hydrogen-bond acceptors (Lipinski definition) is 3. The van der Waals surface area contributed by atoms with Crippen LogP contribution >= 0.6 is 11.6 Å². The Balaban J connectivity index is 1.84. The highest BCUT2D eigenvalue weighted by molar-refractivity contribution is 6.28. The number of halogens is 1. The highest BCUT2D eigenvalue weighted by atomic mass is 35.5. The van der Waals surface area contributed by atoms with Gasteiger partial charge in [0.15, 0.2) is 0 Å². The van der Waals surface area contributed by atoms with E-state index in [1.165, 1.54) is 11.1 Å². The molecule has 1 N–H and O–H groups in total. The highest BCUT2D eigenvalue weighted by Crippen LogP contribution is 2.22. The molecular formula is C17H16ClN3. The van der Waals surface area contributed by atoms with Gasteiger partial charge in [-0.1, -0.05) is 43.3 Å². The molecule has 106 valence electrons. The molecule has 4 heteroatoms. The van der Waals surface area contributed by atoms with E-state index in [1.807, 2.05) is 24.3 Å². The number of rotatable bonds is 4. The largest absolute Gasteiger partial charge is 0.365 e. The normalized spacial score (nSPS) is 10.8. The Morgan fingerprint density at radius 3 is 2.43 bits per heavy atom. The molecule has 3 nitrogen and oxygen atoms in total. The molecule has 0 amide bonds. The fourth-order valence-electron chi connectivity index (χ4n) is 2.26. The molecule has 3 rings (SSSR count). The van der Waals surface area contributed by atoms with Gasteiger partial charge in [-0.2, -0.15) is 0 Å². The Kier molecular flexibility index (Phi) is 4.02. The first-order chi connectivity index (χ1) is 10.3. The number of aryl methyl sites for hydroxylation is 1. The maximum Gasteiger partial charge on any atom is 0.224 e. The van der Waals surface area contributed by atoms with Crippen molar-refractivity contribution in [2.24, 2.45) is 0 Å². The molecule has 21 heavy (non-hydrogen) atoms. The van der Waals surface area contributed by atoms with Crippen molar-refractivity contribution < 1.29 is 0 Å². The number of nitrogens with one attached hydrogen (secondary N) is 1. The third-order valence-electron chi connectivity index (χ3n) is 3.47. The first-order valence-corrected chi connectivity index (χ1v) is 7.38. The summed E-state index contributed by atoms with van der Waals surface area (Å²) in [4.78, 5) is 8.52. The van der Waals surface area contributed by atoms with Gasteiger partial charge in [0.05, 0.1) is 5.52 Å². The number of para-hydroxylation sites is 1. The second-order valence-electron chi connectivity index (χ2n) is 4.88. The van der Waals surface area contributed by atoms with Crippen LogP contribution in [0.5, 0.6) is 0 Å². The Bertz CT molecular complexity index is 754. The average Bonchev–Trinajstić information content (AvgIpc) is 2.53. The Morgan fingerprint density at radius 2 is 1.67 bits per heavy atom. The zero-order valence-corrected chi connectivity index (χ0v) is 12.6. The predicted octanol–water partition coefficient (Wildman–Crippen LogP) is 4.46. The summed E-state index contributed by atoms with van der Waals surface area (Å²) in [6, 6.07) is 16.4. The number of aromatic nitrogens is 2. The van der Waals surface area contributed by atoms with E-state index >= 15 is 0 Å². The van der Waals surface area contributed by atoms with E-state index in [0.29, 0.717) is 6.54 Å². The molecule has 0 radical (unpaired) electrons. The second kappa shape index (κ2) is 6.10. The Labute approximate surface area is 129 Å². The van der Waals surface area contributed by atoms with Crippen LogP contribution in [0.1, 0.15) is 18.1 Å². The summed E-state index contributed by atoms with van der Waals surface area (Å²) < 4.78 is 0. The SMILES string of the molecule is CCc1ccc(CNc2nc(Cl)nc3ccccc23)cc1. The van der Waals surface area contributed by atoms with Crippen molar-refractivity contribution in [1.29, 1.82) is 0 Å². The standard InChI is InChI=1S/C17H16ClN3/c1-2-12-7-9-13(10-8-12)11-19-16-14-5-3-4-6-15(14)20-17(18)21-16/h3-10H,2,11H2,1H3,(H,19,20,21). The van der Waals surface area contributed by atoms with Gasteiger partial charge in [-0.25, -0.2) is 9.97 Å². The van der Waals surface area contributed by atoms with Crippen LogP contribution in [-0.2, 0) is 13.0 Å². The van der Waals surface area contributed by atoms with Crippen LogP contribution in [0.3, 0.4) is 0 Å². The molecule has 0 fully saturated rings. The molecule has 1 heterocycles. The van der Waals surface area contributed by atoms with Gasteiger partial charge in [-0.05, 0) is 41.3 Å². The van der Waals surface area contributed by atoms with Crippen LogP contribution in [0.15, 0.2) is 48.5 Å². The topological polar surface area (TPSA) is 37.8 Å². The minimum atomic E-state index is 0.262. The van der Waals surface area contributed by atoms with Crippen molar-refractivity contribution >= 4 is 28.3 Å². The lowest BCUT2D eigenvalue weighted by atomic mass is 10.1. The molecule has 0 aliphatic carbocycles. The van der Waals surface area contributed by atoms with Gasteiger partial charge in [0, 0.05) is 11.9 Å². The molecule has 0 aliphatic rings. The van der Waals surface area contributed by atoms with Gasteiger partial charge in [0.1, 0.15) is 5.82 Å². The second-order valence-corrected chi connectivity index (χ2v) is 5.22. The van der Waals surface area contributed by atoms with E-state index in [0.717, 1.165) is 23.1 Å². The van der Waals surface area contributed by atoms with Gasteiger partial charge >= 0.3 is 0 Å². The summed E-state index contributed by atoms with van der Waals surface area (Å²) in [6.07, 6.45) is 1.06. The average molecular weight is 298 g/mol. The van der Waals surface area contributed by atoms with Crippen molar-refractivity contribution in [3.05, 3.63) is 64.9 Å². The highest BCUT2D eigenvalue weighted by Gasteiger charge is 2.05. The van der Waals surface area contributed by atoms with E-state index in [-0.39, 0.29) is 5.28 Å². The molecule has 2 aromatic carbocycles. The molecule has 0 saturated heterocycles. The minimum absolute atomic E-state index is 0.262.